The van der Waals surface area contributed by atoms with E-state index in [1.807, 2.05) is 0 Å². The Morgan fingerprint density at radius 1 is 1.16 bits per heavy atom. The van der Waals surface area contributed by atoms with Crippen molar-refractivity contribution < 1.29 is 0 Å². The number of nitrogens with one attached hydrogen (secondary N) is 1. The molecule has 1 aliphatic rings. The highest BCUT2D eigenvalue weighted by Crippen LogP contribution is 2.25. The van der Waals surface area contributed by atoms with Gasteiger partial charge in [0.05, 0.1) is 0 Å². The van der Waals surface area contributed by atoms with Crippen molar-refractivity contribution in [1.29, 1.82) is 0 Å². The second-order valence-electron chi connectivity index (χ2n) is 7.08. The van der Waals surface area contributed by atoms with Crippen molar-refractivity contribution in [3.05, 3.63) is 29.3 Å². The van der Waals surface area contributed by atoms with Crippen molar-refractivity contribution in [2.24, 2.45) is 5.92 Å². The summed E-state index contributed by atoms with van der Waals surface area (Å²) in [7, 11) is 0. The molecule has 19 heavy (non-hydrogen) atoms. The smallest absolute Gasteiger partial charge is 0.0371 e. The van der Waals surface area contributed by atoms with E-state index in [1.54, 1.807) is 0 Å². The molecular formula is C17H28N2. The first-order valence-electron chi connectivity index (χ1n) is 7.42. The van der Waals surface area contributed by atoms with Crippen LogP contribution in [0.15, 0.2) is 18.2 Å². The van der Waals surface area contributed by atoms with Gasteiger partial charge in [-0.1, -0.05) is 6.07 Å². The molecule has 1 atom stereocenters. The van der Waals surface area contributed by atoms with Crippen molar-refractivity contribution in [2.75, 3.05) is 24.5 Å². The van der Waals surface area contributed by atoms with E-state index in [1.165, 1.54) is 36.3 Å². The van der Waals surface area contributed by atoms with Gasteiger partial charge in [-0.2, -0.15) is 0 Å². The molecule has 0 bridgehead atoms. The normalized spacial score (nSPS) is 20.1. The molecular weight excluding hydrogens is 232 g/mol. The second kappa shape index (κ2) is 5.54. The molecule has 1 aliphatic heterocycles. The van der Waals surface area contributed by atoms with Crippen LogP contribution in [-0.2, 0) is 0 Å². The van der Waals surface area contributed by atoms with Gasteiger partial charge in [0.15, 0.2) is 0 Å². The zero-order valence-corrected chi connectivity index (χ0v) is 13.1. The lowest BCUT2D eigenvalue weighted by atomic mass is 10.1. The Morgan fingerprint density at radius 3 is 2.37 bits per heavy atom. The predicted octanol–water partition coefficient (Wildman–Crippen LogP) is 3.52. The van der Waals surface area contributed by atoms with Crippen molar-refractivity contribution in [1.82, 2.24) is 5.32 Å². The van der Waals surface area contributed by atoms with Crippen molar-refractivity contribution in [2.45, 2.75) is 46.6 Å². The van der Waals surface area contributed by atoms with E-state index in [0.29, 0.717) is 0 Å². The predicted molar refractivity (Wildman–Crippen MR) is 84.0 cm³/mol. The lowest BCUT2D eigenvalue weighted by Crippen LogP contribution is -2.39. The van der Waals surface area contributed by atoms with Crippen LogP contribution in [0.2, 0.25) is 0 Å². The lowest BCUT2D eigenvalue weighted by Gasteiger charge is -2.24. The van der Waals surface area contributed by atoms with Crippen LogP contribution in [0, 0.1) is 19.8 Å². The average molecular weight is 260 g/mol. The molecule has 1 unspecified atom stereocenters. The molecule has 1 N–H and O–H groups in total. The van der Waals surface area contributed by atoms with Crippen molar-refractivity contribution in [3.8, 4) is 0 Å². The number of benzene rings is 1. The summed E-state index contributed by atoms with van der Waals surface area (Å²) in [6.45, 7) is 14.6. The summed E-state index contributed by atoms with van der Waals surface area (Å²) >= 11 is 0. The third-order valence-corrected chi connectivity index (χ3v) is 3.78. The minimum atomic E-state index is 0.230. The zero-order chi connectivity index (χ0) is 14.0. The van der Waals surface area contributed by atoms with Crippen molar-refractivity contribution in [3.63, 3.8) is 0 Å². The molecule has 2 nitrogen and oxygen atoms in total. The van der Waals surface area contributed by atoms with Gasteiger partial charge in [-0.25, -0.2) is 0 Å². The minimum Gasteiger partial charge on any atom is -0.371 e. The van der Waals surface area contributed by atoms with E-state index < -0.39 is 0 Å². The van der Waals surface area contributed by atoms with Crippen LogP contribution in [0.25, 0.3) is 0 Å². The maximum Gasteiger partial charge on any atom is 0.0371 e. The molecule has 0 saturated carbocycles. The molecule has 2 rings (SSSR count). The lowest BCUT2D eigenvalue weighted by molar-refractivity contribution is 0.383. The van der Waals surface area contributed by atoms with Gasteiger partial charge in [0.25, 0.3) is 0 Å². The summed E-state index contributed by atoms with van der Waals surface area (Å²) in [6.07, 6.45) is 1.30. The average Bonchev–Trinajstić information content (AvgIpc) is 2.72. The molecule has 2 heteroatoms. The largest absolute Gasteiger partial charge is 0.371 e. The van der Waals surface area contributed by atoms with E-state index in [2.05, 4.69) is 63.0 Å². The molecule has 0 spiro atoms. The molecule has 1 aromatic carbocycles. The van der Waals surface area contributed by atoms with Crippen LogP contribution in [0.5, 0.6) is 0 Å². The van der Waals surface area contributed by atoms with Gasteiger partial charge in [0.1, 0.15) is 0 Å². The van der Waals surface area contributed by atoms with Gasteiger partial charge in [-0.15, -0.1) is 0 Å². The SMILES string of the molecule is Cc1cc(C)cc(N2CCC(CNC(C)(C)C)C2)c1. The first-order chi connectivity index (χ1) is 8.83. The first kappa shape index (κ1) is 14.4. The summed E-state index contributed by atoms with van der Waals surface area (Å²) < 4.78 is 0. The number of nitrogens with zero attached hydrogens (tertiary/aromatic N) is 1. The molecule has 1 fully saturated rings. The molecule has 0 amide bonds. The van der Waals surface area contributed by atoms with Crippen molar-refractivity contribution >= 4 is 5.69 Å². The van der Waals surface area contributed by atoms with Gasteiger partial charge >= 0.3 is 0 Å². The van der Waals surface area contributed by atoms with Crippen LogP contribution in [0.4, 0.5) is 5.69 Å². The monoisotopic (exact) mass is 260 g/mol. The van der Waals surface area contributed by atoms with E-state index in [4.69, 9.17) is 0 Å². The van der Waals surface area contributed by atoms with E-state index in [9.17, 15) is 0 Å². The molecule has 1 saturated heterocycles. The van der Waals surface area contributed by atoms with Gasteiger partial charge in [-0.3, -0.25) is 0 Å². The highest BCUT2D eigenvalue weighted by Gasteiger charge is 2.24. The highest BCUT2D eigenvalue weighted by atomic mass is 15.2. The third kappa shape index (κ3) is 4.24. The fourth-order valence-corrected chi connectivity index (χ4v) is 2.82. The molecule has 0 aliphatic carbocycles. The Hall–Kier alpha value is -1.02. The Bertz CT molecular complexity index is 411. The van der Waals surface area contributed by atoms with Gasteiger partial charge in [-0.05, 0) is 70.2 Å². The van der Waals surface area contributed by atoms with Crippen LogP contribution >= 0.6 is 0 Å². The fraction of sp³-hybridized carbons (Fsp3) is 0.647. The van der Waals surface area contributed by atoms with Crippen LogP contribution in [-0.4, -0.2) is 25.2 Å². The maximum atomic E-state index is 3.63. The third-order valence-electron chi connectivity index (χ3n) is 3.78. The number of hydrogen-bond acceptors (Lipinski definition) is 2. The highest BCUT2D eigenvalue weighted by molar-refractivity contribution is 5.51. The summed E-state index contributed by atoms with van der Waals surface area (Å²) in [4.78, 5) is 2.54. The van der Waals surface area contributed by atoms with E-state index in [0.717, 1.165) is 12.5 Å². The van der Waals surface area contributed by atoms with Crippen LogP contribution < -0.4 is 10.2 Å². The number of rotatable bonds is 3. The molecule has 0 aromatic heterocycles. The summed E-state index contributed by atoms with van der Waals surface area (Å²) in [5.41, 5.74) is 4.36. The van der Waals surface area contributed by atoms with Gasteiger partial charge in [0, 0.05) is 30.9 Å². The number of hydrogen-bond donors (Lipinski definition) is 1. The second-order valence-corrected chi connectivity index (χ2v) is 7.08. The Kier molecular flexibility index (Phi) is 4.19. The minimum absolute atomic E-state index is 0.230. The molecule has 1 heterocycles. The first-order valence-corrected chi connectivity index (χ1v) is 7.42. The standard InChI is InChI=1S/C17H28N2/c1-13-8-14(2)10-16(9-13)19-7-6-15(12-19)11-18-17(3,4)5/h8-10,15,18H,6-7,11-12H2,1-5H3. The van der Waals surface area contributed by atoms with E-state index >= 15 is 0 Å². The molecule has 106 valence electrons. The van der Waals surface area contributed by atoms with Crippen LogP contribution in [0.3, 0.4) is 0 Å². The Morgan fingerprint density at radius 2 is 1.79 bits per heavy atom. The number of anilines is 1. The maximum absolute atomic E-state index is 3.63. The fourth-order valence-electron chi connectivity index (χ4n) is 2.82. The Labute approximate surface area is 118 Å². The molecule has 1 aromatic rings. The van der Waals surface area contributed by atoms with Gasteiger partial charge < -0.3 is 10.2 Å². The quantitative estimate of drug-likeness (QED) is 0.894. The number of aryl methyl sites for hydroxylation is 2. The zero-order valence-electron chi connectivity index (χ0n) is 13.1. The summed E-state index contributed by atoms with van der Waals surface area (Å²) in [6, 6.07) is 6.87. The Balaban J connectivity index is 1.94. The molecule has 0 radical (unpaired) electrons. The van der Waals surface area contributed by atoms with Gasteiger partial charge in [0.2, 0.25) is 0 Å². The topological polar surface area (TPSA) is 15.3 Å². The summed E-state index contributed by atoms with van der Waals surface area (Å²) in [5, 5.41) is 3.63. The summed E-state index contributed by atoms with van der Waals surface area (Å²) in [5.74, 6) is 0.778. The van der Waals surface area contributed by atoms with E-state index in [-0.39, 0.29) is 5.54 Å². The van der Waals surface area contributed by atoms with Crippen LogP contribution in [0.1, 0.15) is 38.3 Å².